The van der Waals surface area contributed by atoms with Gasteiger partial charge in [-0.1, -0.05) is 18.2 Å². The molecule has 22 heavy (non-hydrogen) atoms. The molecule has 1 N–H and O–H groups in total. The highest BCUT2D eigenvalue weighted by molar-refractivity contribution is 5.96. The minimum Gasteiger partial charge on any atom is -0.460 e. The highest BCUT2D eigenvalue weighted by Gasteiger charge is 2.28. The second kappa shape index (κ2) is 6.50. The average molecular weight is 303 g/mol. The van der Waals surface area contributed by atoms with Crippen LogP contribution in [0.5, 0.6) is 0 Å². The number of benzene rings is 1. The Morgan fingerprint density at radius 1 is 1.45 bits per heavy atom. The number of fused-ring (bicyclic) bond motifs is 1. The Hall–Kier alpha value is -1.85. The van der Waals surface area contributed by atoms with Crippen molar-refractivity contribution in [1.29, 1.82) is 0 Å². The Morgan fingerprint density at radius 2 is 2.27 bits per heavy atom. The molecule has 1 atom stereocenters. The molecule has 1 aromatic carbocycles. The van der Waals surface area contributed by atoms with Crippen LogP contribution in [0.2, 0.25) is 0 Å². The van der Waals surface area contributed by atoms with E-state index in [2.05, 4.69) is 4.90 Å². The van der Waals surface area contributed by atoms with Gasteiger partial charge in [0.25, 0.3) is 0 Å². The number of hydrogen-bond donors (Lipinski definition) is 1. The van der Waals surface area contributed by atoms with E-state index in [9.17, 15) is 9.90 Å². The van der Waals surface area contributed by atoms with Crippen LogP contribution in [0.15, 0.2) is 28.7 Å². The summed E-state index contributed by atoms with van der Waals surface area (Å²) in [6.45, 7) is 3.76. The van der Waals surface area contributed by atoms with Crippen molar-refractivity contribution < 1.29 is 19.1 Å². The zero-order valence-electron chi connectivity index (χ0n) is 12.7. The number of likely N-dealkylation sites (tertiary alicyclic amines) is 1. The number of rotatable bonds is 5. The number of esters is 1. The summed E-state index contributed by atoms with van der Waals surface area (Å²) in [5.74, 6) is -0.139. The van der Waals surface area contributed by atoms with E-state index in [1.807, 2.05) is 24.3 Å². The van der Waals surface area contributed by atoms with Crippen molar-refractivity contribution in [3.8, 4) is 0 Å². The molecule has 0 saturated carbocycles. The first kappa shape index (κ1) is 15.1. The van der Waals surface area contributed by atoms with Crippen molar-refractivity contribution in [1.82, 2.24) is 4.90 Å². The van der Waals surface area contributed by atoms with Gasteiger partial charge in [0.05, 0.1) is 13.2 Å². The van der Waals surface area contributed by atoms with Crippen LogP contribution in [0, 0.1) is 0 Å². The molecule has 1 aliphatic heterocycles. The summed E-state index contributed by atoms with van der Waals surface area (Å²) in [7, 11) is 0. The Morgan fingerprint density at radius 3 is 3.05 bits per heavy atom. The van der Waals surface area contributed by atoms with Gasteiger partial charge in [0.1, 0.15) is 5.58 Å². The second-order valence-electron chi connectivity index (χ2n) is 5.58. The summed E-state index contributed by atoms with van der Waals surface area (Å²) in [6, 6.07) is 7.79. The maximum atomic E-state index is 12.2. The summed E-state index contributed by atoms with van der Waals surface area (Å²) >= 11 is 0. The third-order valence-electron chi connectivity index (χ3n) is 4.23. The van der Waals surface area contributed by atoms with Crippen molar-refractivity contribution in [2.24, 2.45) is 0 Å². The molecule has 5 nitrogen and oxygen atoms in total. The van der Waals surface area contributed by atoms with E-state index < -0.39 is 5.97 Å². The molecule has 0 spiro atoms. The second-order valence-corrected chi connectivity index (χ2v) is 5.58. The molecule has 2 aromatic rings. The Kier molecular flexibility index (Phi) is 4.45. The fourth-order valence-corrected chi connectivity index (χ4v) is 3.13. The maximum Gasteiger partial charge on any atom is 0.374 e. The highest BCUT2D eigenvalue weighted by Crippen LogP contribution is 2.30. The van der Waals surface area contributed by atoms with Gasteiger partial charge in [-0.25, -0.2) is 4.79 Å². The number of aliphatic hydroxyl groups is 1. The topological polar surface area (TPSA) is 62.9 Å². The van der Waals surface area contributed by atoms with Gasteiger partial charge in [0.15, 0.2) is 0 Å². The number of ether oxygens (including phenoxy) is 1. The van der Waals surface area contributed by atoms with Gasteiger partial charge >= 0.3 is 5.97 Å². The first-order valence-corrected chi connectivity index (χ1v) is 7.77. The van der Waals surface area contributed by atoms with Gasteiger partial charge in [0, 0.05) is 23.5 Å². The van der Waals surface area contributed by atoms with Crippen LogP contribution in [0.4, 0.5) is 0 Å². The first-order valence-electron chi connectivity index (χ1n) is 7.77. The fourth-order valence-electron chi connectivity index (χ4n) is 3.13. The van der Waals surface area contributed by atoms with Crippen LogP contribution < -0.4 is 0 Å². The van der Waals surface area contributed by atoms with Gasteiger partial charge in [-0.2, -0.15) is 0 Å². The van der Waals surface area contributed by atoms with E-state index in [1.165, 1.54) is 0 Å². The molecule has 3 rings (SSSR count). The first-order chi connectivity index (χ1) is 10.7. The highest BCUT2D eigenvalue weighted by atomic mass is 16.5. The minimum absolute atomic E-state index is 0.143. The smallest absolute Gasteiger partial charge is 0.374 e. The van der Waals surface area contributed by atoms with Gasteiger partial charge in [0.2, 0.25) is 5.76 Å². The Bertz CT molecular complexity index is 664. The molecule has 1 saturated heterocycles. The zero-order chi connectivity index (χ0) is 15.5. The lowest BCUT2D eigenvalue weighted by Crippen LogP contribution is -2.32. The van der Waals surface area contributed by atoms with Crippen LogP contribution in [0.1, 0.15) is 35.9 Å². The molecule has 118 valence electrons. The van der Waals surface area contributed by atoms with E-state index in [0.717, 1.165) is 30.3 Å². The van der Waals surface area contributed by atoms with E-state index >= 15 is 0 Å². The summed E-state index contributed by atoms with van der Waals surface area (Å²) in [5.41, 5.74) is 1.55. The molecule has 0 unspecified atom stereocenters. The normalized spacial score (nSPS) is 18.9. The Balaban J connectivity index is 1.98. The van der Waals surface area contributed by atoms with Crippen LogP contribution in [-0.2, 0) is 11.3 Å². The lowest BCUT2D eigenvalue weighted by Gasteiger charge is -2.22. The third kappa shape index (κ3) is 2.74. The van der Waals surface area contributed by atoms with Crippen LogP contribution in [0.3, 0.4) is 0 Å². The minimum atomic E-state index is -0.423. The molecule has 2 heterocycles. The molecule has 0 aliphatic carbocycles. The van der Waals surface area contributed by atoms with Gasteiger partial charge in [-0.3, -0.25) is 4.90 Å². The van der Waals surface area contributed by atoms with Crippen molar-refractivity contribution in [2.75, 3.05) is 19.8 Å². The van der Waals surface area contributed by atoms with Crippen molar-refractivity contribution >= 4 is 16.9 Å². The largest absolute Gasteiger partial charge is 0.460 e. The molecule has 1 aliphatic rings. The van der Waals surface area contributed by atoms with Crippen molar-refractivity contribution in [3.05, 3.63) is 35.6 Å². The van der Waals surface area contributed by atoms with Crippen molar-refractivity contribution in [3.63, 3.8) is 0 Å². The molecule has 0 radical (unpaired) electrons. The van der Waals surface area contributed by atoms with Crippen LogP contribution >= 0.6 is 0 Å². The maximum absolute atomic E-state index is 12.2. The van der Waals surface area contributed by atoms with Gasteiger partial charge in [-0.15, -0.1) is 0 Å². The zero-order valence-corrected chi connectivity index (χ0v) is 12.7. The number of carbonyl (C=O) groups is 1. The SMILES string of the molecule is CCOC(=O)c1oc2ccccc2c1CN1CCC[C@@H]1CO. The van der Waals surface area contributed by atoms with E-state index in [-0.39, 0.29) is 18.4 Å². The number of aliphatic hydroxyl groups excluding tert-OH is 1. The summed E-state index contributed by atoms with van der Waals surface area (Å²) in [5, 5.41) is 10.4. The molecule has 5 heteroatoms. The number of para-hydroxylation sites is 1. The quantitative estimate of drug-likeness (QED) is 0.860. The predicted molar refractivity (Wildman–Crippen MR) is 82.7 cm³/mol. The third-order valence-corrected chi connectivity index (χ3v) is 4.23. The summed E-state index contributed by atoms with van der Waals surface area (Å²) in [6.07, 6.45) is 2.05. The molecular formula is C17H21NO4. The molecular weight excluding hydrogens is 282 g/mol. The number of furan rings is 1. The molecule has 0 bridgehead atoms. The van der Waals surface area contributed by atoms with Gasteiger partial charge in [-0.05, 0) is 32.4 Å². The lowest BCUT2D eigenvalue weighted by atomic mass is 10.1. The fraction of sp³-hybridized carbons (Fsp3) is 0.471. The number of carbonyl (C=O) groups excluding carboxylic acids is 1. The van der Waals surface area contributed by atoms with Crippen molar-refractivity contribution in [2.45, 2.75) is 32.4 Å². The molecule has 0 amide bonds. The predicted octanol–water partition coefficient (Wildman–Crippen LogP) is 2.57. The average Bonchev–Trinajstić information content (AvgIpc) is 3.13. The van der Waals surface area contributed by atoms with E-state index in [4.69, 9.17) is 9.15 Å². The standard InChI is InChI=1S/C17H21NO4/c1-2-21-17(20)16-14(10-18-9-5-6-12(18)11-19)13-7-3-4-8-15(13)22-16/h3-4,7-8,12,19H,2,5-6,9-11H2,1H3/t12-/m1/s1. The van der Waals surface area contributed by atoms with E-state index in [1.54, 1.807) is 6.92 Å². The van der Waals surface area contributed by atoms with Crippen LogP contribution in [0.25, 0.3) is 11.0 Å². The summed E-state index contributed by atoms with van der Waals surface area (Å²) < 4.78 is 10.8. The van der Waals surface area contributed by atoms with Crippen LogP contribution in [-0.4, -0.2) is 41.8 Å². The number of hydrogen-bond acceptors (Lipinski definition) is 5. The Labute approximate surface area is 129 Å². The lowest BCUT2D eigenvalue weighted by molar-refractivity contribution is 0.0488. The van der Waals surface area contributed by atoms with Gasteiger partial charge < -0.3 is 14.3 Å². The molecule has 1 aromatic heterocycles. The summed E-state index contributed by atoms with van der Waals surface area (Å²) in [4.78, 5) is 14.4. The monoisotopic (exact) mass is 303 g/mol. The molecule has 1 fully saturated rings. The number of nitrogens with zero attached hydrogens (tertiary/aromatic N) is 1. The van der Waals surface area contributed by atoms with E-state index in [0.29, 0.717) is 18.7 Å².